The monoisotopic (exact) mass is 435 g/mol. The van der Waals surface area contributed by atoms with Crippen molar-refractivity contribution in [3.8, 4) is 0 Å². The maximum atomic E-state index is 13.3. The molecule has 3 rings (SSSR count). The molecule has 150 valence electrons. The predicted octanol–water partition coefficient (Wildman–Crippen LogP) is 4.22. The van der Waals surface area contributed by atoms with Crippen LogP contribution in [-0.2, 0) is 16.0 Å². The van der Waals surface area contributed by atoms with Crippen molar-refractivity contribution < 1.29 is 19.3 Å². The van der Waals surface area contributed by atoms with E-state index < -0.39 is 28.3 Å². The Morgan fingerprint density at radius 2 is 1.66 bits per heavy atom. The van der Waals surface area contributed by atoms with Crippen LogP contribution in [0, 0.1) is 10.1 Å². The van der Waals surface area contributed by atoms with Gasteiger partial charge in [-0.25, -0.2) is 14.6 Å². The Bertz CT molecular complexity index is 1020. The van der Waals surface area contributed by atoms with Crippen LogP contribution in [0.2, 0.25) is 10.0 Å². The van der Waals surface area contributed by atoms with Crippen LogP contribution in [0.4, 0.5) is 16.2 Å². The van der Waals surface area contributed by atoms with Crippen LogP contribution >= 0.6 is 23.2 Å². The van der Waals surface area contributed by atoms with Gasteiger partial charge < -0.3 is 0 Å². The molecule has 2 aromatic carbocycles. The molecule has 8 nitrogen and oxygen atoms in total. The van der Waals surface area contributed by atoms with Crippen molar-refractivity contribution in [3.05, 3.63) is 68.2 Å². The first kappa shape index (κ1) is 20.8. The number of carbonyl (C=O) groups is 3. The van der Waals surface area contributed by atoms with Crippen LogP contribution in [0.25, 0.3) is 0 Å². The molecule has 0 aliphatic carbocycles. The molecule has 0 aromatic heterocycles. The summed E-state index contributed by atoms with van der Waals surface area (Å²) < 4.78 is 0. The summed E-state index contributed by atoms with van der Waals surface area (Å²) in [6.45, 7) is 2.66. The summed E-state index contributed by atoms with van der Waals surface area (Å²) in [6.07, 6.45) is -0.0139. The number of non-ortho nitro benzene ring substituents is 1. The van der Waals surface area contributed by atoms with Gasteiger partial charge in [-0.3, -0.25) is 19.7 Å². The zero-order chi connectivity index (χ0) is 21.5. The molecular formula is C19H15Cl2N3O5. The Labute approximate surface area is 175 Å². The van der Waals surface area contributed by atoms with E-state index in [2.05, 4.69) is 0 Å². The molecule has 1 heterocycles. The predicted molar refractivity (Wildman–Crippen MR) is 107 cm³/mol. The van der Waals surface area contributed by atoms with Crippen molar-refractivity contribution in [2.24, 2.45) is 0 Å². The van der Waals surface area contributed by atoms with Gasteiger partial charge in [-0.15, -0.1) is 0 Å². The highest BCUT2D eigenvalue weighted by atomic mass is 35.5. The van der Waals surface area contributed by atoms with E-state index in [4.69, 9.17) is 23.2 Å². The molecule has 1 saturated heterocycles. The zero-order valence-electron chi connectivity index (χ0n) is 15.4. The third-order valence-corrected chi connectivity index (χ3v) is 5.09. The van der Waals surface area contributed by atoms with Crippen LogP contribution in [0.1, 0.15) is 19.4 Å². The fourth-order valence-corrected chi connectivity index (χ4v) is 3.91. The van der Waals surface area contributed by atoms with Gasteiger partial charge in [0.05, 0.1) is 10.6 Å². The maximum absolute atomic E-state index is 13.3. The Balaban J connectivity index is 2.03. The molecule has 0 saturated carbocycles. The van der Waals surface area contributed by atoms with E-state index in [1.165, 1.54) is 56.3 Å². The van der Waals surface area contributed by atoms with Gasteiger partial charge in [-0.1, -0.05) is 35.3 Å². The molecule has 2 aromatic rings. The second kappa shape index (κ2) is 7.46. The van der Waals surface area contributed by atoms with Crippen molar-refractivity contribution in [1.29, 1.82) is 0 Å². The number of hydrogen-bond donors (Lipinski definition) is 0. The van der Waals surface area contributed by atoms with Gasteiger partial charge in [-0.2, -0.15) is 0 Å². The fourth-order valence-electron chi connectivity index (χ4n) is 3.40. The minimum absolute atomic E-state index is 0.0139. The van der Waals surface area contributed by atoms with Crippen LogP contribution < -0.4 is 4.90 Å². The Morgan fingerprint density at radius 1 is 1.10 bits per heavy atom. The van der Waals surface area contributed by atoms with Crippen LogP contribution in [-0.4, -0.2) is 33.2 Å². The van der Waals surface area contributed by atoms with Gasteiger partial charge >= 0.3 is 6.03 Å². The molecule has 29 heavy (non-hydrogen) atoms. The topological polar surface area (TPSA) is 101 Å². The number of halogens is 2. The molecule has 0 spiro atoms. The smallest absolute Gasteiger partial charge is 0.275 e. The highest BCUT2D eigenvalue weighted by Gasteiger charge is 2.56. The lowest BCUT2D eigenvalue weighted by Gasteiger charge is -2.29. The van der Waals surface area contributed by atoms with Gasteiger partial charge in [-0.05, 0) is 30.7 Å². The van der Waals surface area contributed by atoms with Gasteiger partial charge in [0.2, 0.25) is 5.91 Å². The summed E-state index contributed by atoms with van der Waals surface area (Å²) in [5.74, 6) is -1.24. The summed E-state index contributed by atoms with van der Waals surface area (Å²) in [5.41, 5.74) is -0.924. The third-order valence-electron chi connectivity index (χ3n) is 4.66. The van der Waals surface area contributed by atoms with Crippen molar-refractivity contribution in [2.75, 3.05) is 4.90 Å². The molecule has 1 aliphatic heterocycles. The molecule has 1 fully saturated rings. The summed E-state index contributed by atoms with van der Waals surface area (Å²) in [7, 11) is 0. The van der Waals surface area contributed by atoms with E-state index in [-0.39, 0.29) is 27.8 Å². The Morgan fingerprint density at radius 3 is 2.14 bits per heavy atom. The average Bonchev–Trinajstić information content (AvgIpc) is 2.80. The Kier molecular flexibility index (Phi) is 5.34. The molecule has 0 radical (unpaired) electrons. The summed E-state index contributed by atoms with van der Waals surface area (Å²) in [4.78, 5) is 50.5. The van der Waals surface area contributed by atoms with E-state index in [1.807, 2.05) is 0 Å². The Hall–Kier alpha value is -2.97. The van der Waals surface area contributed by atoms with Crippen molar-refractivity contribution in [1.82, 2.24) is 4.90 Å². The van der Waals surface area contributed by atoms with Crippen molar-refractivity contribution in [2.45, 2.75) is 25.8 Å². The molecule has 0 N–H and O–H groups in total. The highest BCUT2D eigenvalue weighted by Crippen LogP contribution is 2.37. The summed E-state index contributed by atoms with van der Waals surface area (Å²) in [5, 5.41) is 11.3. The maximum Gasteiger partial charge on any atom is 0.339 e. The first-order valence-electron chi connectivity index (χ1n) is 8.43. The van der Waals surface area contributed by atoms with E-state index in [9.17, 15) is 24.5 Å². The average molecular weight is 436 g/mol. The molecule has 1 unspecified atom stereocenters. The minimum Gasteiger partial charge on any atom is -0.275 e. The number of rotatable bonds is 4. The third kappa shape index (κ3) is 3.68. The zero-order valence-corrected chi connectivity index (χ0v) is 16.9. The van der Waals surface area contributed by atoms with Crippen molar-refractivity contribution >= 4 is 52.4 Å². The van der Waals surface area contributed by atoms with Gasteiger partial charge in [0, 0.05) is 35.5 Å². The minimum atomic E-state index is -1.52. The molecule has 4 amide bonds. The van der Waals surface area contributed by atoms with Gasteiger partial charge in [0.15, 0.2) is 0 Å². The number of imide groups is 2. The van der Waals surface area contributed by atoms with E-state index in [0.29, 0.717) is 5.56 Å². The van der Waals surface area contributed by atoms with E-state index >= 15 is 0 Å². The van der Waals surface area contributed by atoms with Gasteiger partial charge in [0.1, 0.15) is 5.54 Å². The molecule has 10 heteroatoms. The van der Waals surface area contributed by atoms with Crippen molar-refractivity contribution in [3.63, 3.8) is 0 Å². The SMILES string of the molecule is CC(=O)N1C(=O)N(c2cc(Cl)cc(Cl)c2)C(=O)C1(C)Cc1ccc([N+](=O)[O-])cc1. The normalized spacial score (nSPS) is 19.0. The second-order valence-electron chi connectivity index (χ2n) is 6.78. The number of carbonyl (C=O) groups excluding carboxylic acids is 3. The first-order valence-corrected chi connectivity index (χ1v) is 9.19. The number of nitro benzene ring substituents is 1. The van der Waals surface area contributed by atoms with E-state index in [1.54, 1.807) is 0 Å². The number of urea groups is 1. The molecule has 1 aliphatic rings. The summed E-state index contributed by atoms with van der Waals surface area (Å²) >= 11 is 12.0. The molecule has 1 atom stereocenters. The number of hydrogen-bond acceptors (Lipinski definition) is 5. The van der Waals surface area contributed by atoms with Crippen LogP contribution in [0.5, 0.6) is 0 Å². The first-order chi connectivity index (χ1) is 13.5. The lowest BCUT2D eigenvalue weighted by atomic mass is 9.91. The van der Waals surface area contributed by atoms with E-state index in [0.717, 1.165) is 9.80 Å². The number of benzene rings is 2. The number of nitro groups is 1. The lowest BCUT2D eigenvalue weighted by molar-refractivity contribution is -0.384. The van der Waals surface area contributed by atoms with Gasteiger partial charge in [0.25, 0.3) is 11.6 Å². The summed E-state index contributed by atoms with van der Waals surface area (Å²) in [6, 6.07) is 9.01. The largest absolute Gasteiger partial charge is 0.339 e. The highest BCUT2D eigenvalue weighted by molar-refractivity contribution is 6.36. The van der Waals surface area contributed by atoms with Crippen LogP contribution in [0.15, 0.2) is 42.5 Å². The second-order valence-corrected chi connectivity index (χ2v) is 7.65. The molecule has 0 bridgehead atoms. The molecular weight excluding hydrogens is 421 g/mol. The lowest BCUT2D eigenvalue weighted by Crippen LogP contribution is -2.51. The van der Waals surface area contributed by atoms with Crippen LogP contribution in [0.3, 0.4) is 0 Å². The quantitative estimate of drug-likeness (QED) is 0.406. The number of nitrogens with zero attached hydrogens (tertiary/aromatic N) is 3. The fraction of sp³-hybridized carbons (Fsp3) is 0.211. The number of amides is 4. The standard InChI is InChI=1S/C19H15Cl2N3O5/c1-11(25)23-18(27)22(16-8-13(20)7-14(21)9-16)17(26)19(23,2)10-12-3-5-15(6-4-12)24(28)29/h3-9H,10H2,1-2H3. The number of anilines is 1.